The van der Waals surface area contributed by atoms with Gasteiger partial charge in [-0.3, -0.25) is 0 Å². The van der Waals surface area contributed by atoms with Crippen molar-refractivity contribution in [3.8, 4) is 0 Å². The molecule has 0 saturated heterocycles. The zero-order chi connectivity index (χ0) is 15.5. The molecular formula is C14H15FN2O3S. The minimum absolute atomic E-state index is 0.0573. The average Bonchev–Trinajstić information content (AvgIpc) is 2.48. The maximum absolute atomic E-state index is 13.1. The summed E-state index contributed by atoms with van der Waals surface area (Å²) in [5.41, 5.74) is 6.06. The highest BCUT2D eigenvalue weighted by atomic mass is 32.2. The molecule has 4 N–H and O–H groups in total. The van der Waals surface area contributed by atoms with Gasteiger partial charge < -0.3 is 10.8 Å². The molecule has 0 aliphatic heterocycles. The number of benzene rings is 2. The first-order chi connectivity index (χ1) is 9.90. The lowest BCUT2D eigenvalue weighted by molar-refractivity contribution is 0.182. The molecule has 112 valence electrons. The lowest BCUT2D eigenvalue weighted by atomic mass is 10.1. The molecular weight excluding hydrogens is 295 g/mol. The van der Waals surface area contributed by atoms with Crippen LogP contribution in [0.2, 0.25) is 0 Å². The van der Waals surface area contributed by atoms with Crippen LogP contribution in [-0.4, -0.2) is 20.1 Å². The van der Waals surface area contributed by atoms with Crippen LogP contribution in [-0.2, 0) is 10.0 Å². The zero-order valence-corrected chi connectivity index (χ0v) is 11.8. The number of rotatable bonds is 5. The van der Waals surface area contributed by atoms with Crippen molar-refractivity contribution in [1.29, 1.82) is 0 Å². The predicted molar refractivity (Wildman–Crippen MR) is 77.4 cm³/mol. The van der Waals surface area contributed by atoms with E-state index in [9.17, 15) is 17.9 Å². The van der Waals surface area contributed by atoms with Gasteiger partial charge in [0.25, 0.3) is 0 Å². The van der Waals surface area contributed by atoms with E-state index in [2.05, 4.69) is 4.72 Å². The van der Waals surface area contributed by atoms with Crippen LogP contribution in [0.15, 0.2) is 53.4 Å². The van der Waals surface area contributed by atoms with Gasteiger partial charge in [-0.1, -0.05) is 30.3 Å². The largest absolute Gasteiger partial charge is 0.398 e. The minimum atomic E-state index is -3.99. The molecule has 2 rings (SSSR count). The second kappa shape index (κ2) is 6.21. The summed E-state index contributed by atoms with van der Waals surface area (Å²) in [6.07, 6.45) is -1.00. The summed E-state index contributed by atoms with van der Waals surface area (Å²) in [4.78, 5) is -0.345. The molecule has 0 saturated carbocycles. The highest BCUT2D eigenvalue weighted by Crippen LogP contribution is 2.20. The Balaban J connectivity index is 2.13. The van der Waals surface area contributed by atoms with Crippen LogP contribution in [0.25, 0.3) is 0 Å². The first-order valence-corrected chi connectivity index (χ1v) is 7.66. The molecule has 0 heterocycles. The summed E-state index contributed by atoms with van der Waals surface area (Å²) in [7, 11) is -3.99. The summed E-state index contributed by atoms with van der Waals surface area (Å²) < 4.78 is 39.5. The van der Waals surface area contributed by atoms with E-state index in [0.717, 1.165) is 12.1 Å². The van der Waals surface area contributed by atoms with Crippen molar-refractivity contribution < 1.29 is 17.9 Å². The van der Waals surface area contributed by atoms with Gasteiger partial charge in [0.05, 0.1) is 11.8 Å². The molecule has 2 aromatic rings. The Kier molecular flexibility index (Phi) is 4.56. The number of halogens is 1. The highest BCUT2D eigenvalue weighted by Gasteiger charge is 2.19. The summed E-state index contributed by atoms with van der Waals surface area (Å²) in [6.45, 7) is -0.234. The van der Waals surface area contributed by atoms with Gasteiger partial charge >= 0.3 is 0 Å². The zero-order valence-electron chi connectivity index (χ0n) is 11.0. The van der Waals surface area contributed by atoms with Crippen molar-refractivity contribution in [3.63, 3.8) is 0 Å². The van der Waals surface area contributed by atoms with Crippen LogP contribution in [0.4, 0.5) is 10.1 Å². The first kappa shape index (κ1) is 15.4. The molecule has 0 amide bonds. The third kappa shape index (κ3) is 3.78. The van der Waals surface area contributed by atoms with Crippen LogP contribution in [0.5, 0.6) is 0 Å². The van der Waals surface area contributed by atoms with Crippen molar-refractivity contribution in [2.45, 2.75) is 11.0 Å². The fraction of sp³-hybridized carbons (Fsp3) is 0.143. The number of nitrogen functional groups attached to an aromatic ring is 1. The Bertz CT molecular complexity index is 720. The number of nitrogens with two attached hydrogens (primary N) is 1. The second-order valence-electron chi connectivity index (χ2n) is 4.46. The number of hydrogen-bond donors (Lipinski definition) is 3. The lowest BCUT2D eigenvalue weighted by Crippen LogP contribution is -2.29. The first-order valence-electron chi connectivity index (χ1n) is 6.18. The lowest BCUT2D eigenvalue weighted by Gasteiger charge is -2.13. The van der Waals surface area contributed by atoms with Gasteiger partial charge in [-0.05, 0) is 23.8 Å². The predicted octanol–water partition coefficient (Wildman–Crippen LogP) is 1.42. The fourth-order valence-corrected chi connectivity index (χ4v) is 2.98. The molecule has 0 fully saturated rings. The Morgan fingerprint density at radius 1 is 1.19 bits per heavy atom. The molecule has 0 aliphatic rings. The Hall–Kier alpha value is -1.96. The van der Waals surface area contributed by atoms with Crippen LogP contribution >= 0.6 is 0 Å². The molecule has 1 atom stereocenters. The highest BCUT2D eigenvalue weighted by molar-refractivity contribution is 7.89. The quantitative estimate of drug-likeness (QED) is 0.728. The van der Waals surface area contributed by atoms with Crippen molar-refractivity contribution in [2.24, 2.45) is 0 Å². The van der Waals surface area contributed by atoms with E-state index in [1.54, 1.807) is 30.3 Å². The van der Waals surface area contributed by atoms with Gasteiger partial charge in [-0.15, -0.1) is 0 Å². The standard InChI is InChI=1S/C14H15FN2O3S/c15-11-6-7-12(16)14(8-11)21(19,20)17-9-13(18)10-4-2-1-3-5-10/h1-8,13,17-18H,9,16H2. The number of sulfonamides is 1. The van der Waals surface area contributed by atoms with E-state index in [1.807, 2.05) is 0 Å². The Morgan fingerprint density at radius 2 is 1.86 bits per heavy atom. The molecule has 5 nitrogen and oxygen atoms in total. The molecule has 0 spiro atoms. The van der Waals surface area contributed by atoms with Gasteiger partial charge in [0, 0.05) is 6.54 Å². The van der Waals surface area contributed by atoms with E-state index >= 15 is 0 Å². The number of anilines is 1. The third-order valence-electron chi connectivity index (χ3n) is 2.92. The van der Waals surface area contributed by atoms with E-state index in [0.29, 0.717) is 5.56 Å². The van der Waals surface area contributed by atoms with Crippen molar-refractivity contribution in [2.75, 3.05) is 12.3 Å². The monoisotopic (exact) mass is 310 g/mol. The molecule has 7 heteroatoms. The normalized spacial score (nSPS) is 13.0. The van der Waals surface area contributed by atoms with Crippen LogP contribution in [0.3, 0.4) is 0 Å². The van der Waals surface area contributed by atoms with Gasteiger partial charge in [0.15, 0.2) is 0 Å². The maximum Gasteiger partial charge on any atom is 0.242 e. The van der Waals surface area contributed by atoms with Gasteiger partial charge in [0.2, 0.25) is 10.0 Å². The fourth-order valence-electron chi connectivity index (χ4n) is 1.80. The van der Waals surface area contributed by atoms with E-state index in [4.69, 9.17) is 5.73 Å². The van der Waals surface area contributed by atoms with Crippen LogP contribution < -0.4 is 10.5 Å². The molecule has 0 bridgehead atoms. The van der Waals surface area contributed by atoms with Gasteiger partial charge in [-0.25, -0.2) is 17.5 Å². The SMILES string of the molecule is Nc1ccc(F)cc1S(=O)(=O)NCC(O)c1ccccc1. The van der Waals surface area contributed by atoms with Gasteiger partial charge in [-0.2, -0.15) is 0 Å². The summed E-state index contributed by atoms with van der Waals surface area (Å²) >= 11 is 0. The van der Waals surface area contributed by atoms with Crippen LogP contribution in [0.1, 0.15) is 11.7 Å². The molecule has 0 aliphatic carbocycles. The van der Waals surface area contributed by atoms with E-state index < -0.39 is 21.9 Å². The summed E-state index contributed by atoms with van der Waals surface area (Å²) in [5.74, 6) is -0.701. The topological polar surface area (TPSA) is 92.4 Å². The van der Waals surface area contributed by atoms with E-state index in [-0.39, 0.29) is 17.1 Å². The molecule has 1 unspecified atom stereocenters. The van der Waals surface area contributed by atoms with Crippen molar-refractivity contribution in [3.05, 3.63) is 59.9 Å². The number of aliphatic hydroxyl groups is 1. The molecule has 21 heavy (non-hydrogen) atoms. The molecule has 0 aromatic heterocycles. The second-order valence-corrected chi connectivity index (χ2v) is 6.20. The Labute approximate surface area is 122 Å². The Morgan fingerprint density at radius 3 is 2.52 bits per heavy atom. The van der Waals surface area contributed by atoms with Gasteiger partial charge in [0.1, 0.15) is 10.7 Å². The smallest absolute Gasteiger partial charge is 0.242 e. The third-order valence-corrected chi connectivity index (χ3v) is 4.40. The maximum atomic E-state index is 13.1. The van der Waals surface area contributed by atoms with Crippen LogP contribution in [0, 0.1) is 5.82 Å². The summed E-state index contributed by atoms with van der Waals surface area (Å²) in [6, 6.07) is 11.7. The van der Waals surface area contributed by atoms with Crippen molar-refractivity contribution >= 4 is 15.7 Å². The number of nitrogens with one attached hydrogen (secondary N) is 1. The minimum Gasteiger partial charge on any atom is -0.398 e. The summed E-state index contributed by atoms with van der Waals surface area (Å²) in [5, 5.41) is 9.92. The number of aliphatic hydroxyl groups excluding tert-OH is 1. The van der Waals surface area contributed by atoms with Crippen molar-refractivity contribution in [1.82, 2.24) is 4.72 Å². The molecule has 2 aromatic carbocycles. The number of hydrogen-bond acceptors (Lipinski definition) is 4. The van der Waals surface area contributed by atoms with E-state index in [1.165, 1.54) is 6.07 Å². The molecule has 0 radical (unpaired) electrons. The average molecular weight is 310 g/mol.